The smallest absolute Gasteiger partial charge is 0.266 e. The van der Waals surface area contributed by atoms with E-state index in [1.54, 1.807) is 20.0 Å². The average Bonchev–Trinajstić information content (AvgIpc) is 3.12. The van der Waals surface area contributed by atoms with E-state index in [1.165, 1.54) is 0 Å². The van der Waals surface area contributed by atoms with Gasteiger partial charge in [-0.1, -0.05) is 30.3 Å². The zero-order valence-electron chi connectivity index (χ0n) is 16.7. The molecule has 1 atom stereocenters. The van der Waals surface area contributed by atoms with Crippen molar-refractivity contribution in [1.82, 2.24) is 19.9 Å². The summed E-state index contributed by atoms with van der Waals surface area (Å²) in [5.74, 6) is 0.609. The predicted octanol–water partition coefficient (Wildman–Crippen LogP) is 2.44. The summed E-state index contributed by atoms with van der Waals surface area (Å²) >= 11 is 0. The number of amides is 1. The Hall–Kier alpha value is -3.66. The van der Waals surface area contributed by atoms with Gasteiger partial charge in [0.15, 0.2) is 0 Å². The summed E-state index contributed by atoms with van der Waals surface area (Å²) in [6.45, 7) is 3.53. The normalized spacial score (nSPS) is 11.7. The van der Waals surface area contributed by atoms with Gasteiger partial charge in [-0.3, -0.25) is 9.59 Å². The van der Waals surface area contributed by atoms with Crippen molar-refractivity contribution in [3.05, 3.63) is 86.9 Å². The Bertz CT molecular complexity index is 1120. The minimum Gasteiger partial charge on any atom is -0.342 e. The molecule has 0 aliphatic heterocycles. The van der Waals surface area contributed by atoms with Gasteiger partial charge < -0.3 is 14.9 Å². The van der Waals surface area contributed by atoms with Gasteiger partial charge in [0, 0.05) is 31.6 Å². The molecule has 7 nitrogen and oxygen atoms in total. The molecule has 1 aromatic carbocycles. The number of imidazole rings is 1. The summed E-state index contributed by atoms with van der Waals surface area (Å²) in [4.78, 5) is 31.7. The number of hydrogen-bond acceptors (Lipinski definition) is 4. The van der Waals surface area contributed by atoms with Crippen molar-refractivity contribution in [3.8, 4) is 6.07 Å². The Morgan fingerprint density at radius 2 is 2.03 bits per heavy atom. The minimum absolute atomic E-state index is 0.0983. The Labute approximate surface area is 169 Å². The SMILES string of the molecule is Cc1[nH]c(=O)c(C#N)c(C)c1CCC(=O)NC(c1ccccc1)c1nccn1C. The maximum atomic E-state index is 12.8. The second kappa shape index (κ2) is 8.57. The molecule has 0 saturated carbocycles. The number of aromatic nitrogens is 3. The van der Waals surface area contributed by atoms with Crippen molar-refractivity contribution in [1.29, 1.82) is 5.26 Å². The molecule has 0 saturated heterocycles. The van der Waals surface area contributed by atoms with E-state index < -0.39 is 5.56 Å². The minimum atomic E-state index is -0.394. The van der Waals surface area contributed by atoms with Gasteiger partial charge in [-0.15, -0.1) is 0 Å². The molecule has 1 unspecified atom stereocenters. The van der Waals surface area contributed by atoms with Crippen LogP contribution in [-0.2, 0) is 18.3 Å². The molecule has 2 N–H and O–H groups in total. The first kappa shape index (κ1) is 20.1. The third-order valence-electron chi connectivity index (χ3n) is 5.08. The molecule has 7 heteroatoms. The highest BCUT2D eigenvalue weighted by molar-refractivity contribution is 5.77. The molecule has 3 aromatic rings. The number of pyridine rings is 1. The van der Waals surface area contributed by atoms with E-state index in [0.717, 1.165) is 17.0 Å². The van der Waals surface area contributed by atoms with Crippen molar-refractivity contribution in [2.45, 2.75) is 32.7 Å². The number of hydrogen-bond donors (Lipinski definition) is 2. The molecule has 0 fully saturated rings. The number of nitriles is 1. The summed E-state index contributed by atoms with van der Waals surface area (Å²) in [6.07, 6.45) is 4.20. The summed E-state index contributed by atoms with van der Waals surface area (Å²) in [7, 11) is 1.89. The van der Waals surface area contributed by atoms with Crippen LogP contribution in [0.25, 0.3) is 0 Å². The van der Waals surface area contributed by atoms with Crippen molar-refractivity contribution in [2.24, 2.45) is 7.05 Å². The first-order valence-corrected chi connectivity index (χ1v) is 9.36. The lowest BCUT2D eigenvalue weighted by molar-refractivity contribution is -0.121. The molecule has 0 bridgehead atoms. The van der Waals surface area contributed by atoms with Crippen LogP contribution in [0.3, 0.4) is 0 Å². The average molecular weight is 389 g/mol. The number of carbonyl (C=O) groups is 1. The first-order valence-electron chi connectivity index (χ1n) is 9.36. The molecule has 29 heavy (non-hydrogen) atoms. The number of aromatic amines is 1. The molecule has 148 valence electrons. The molecule has 0 aliphatic carbocycles. The third-order valence-corrected chi connectivity index (χ3v) is 5.08. The zero-order chi connectivity index (χ0) is 21.0. The van der Waals surface area contributed by atoms with Crippen LogP contribution in [0.1, 0.15) is 46.2 Å². The van der Waals surface area contributed by atoms with Crippen molar-refractivity contribution >= 4 is 5.91 Å². The number of rotatable bonds is 6. The lowest BCUT2D eigenvalue weighted by Gasteiger charge is -2.19. The molecule has 1 amide bonds. The van der Waals surface area contributed by atoms with Crippen molar-refractivity contribution in [2.75, 3.05) is 0 Å². The molecule has 2 aromatic heterocycles. The number of nitrogens with one attached hydrogen (secondary N) is 2. The fraction of sp³-hybridized carbons (Fsp3) is 0.273. The van der Waals surface area contributed by atoms with E-state index in [4.69, 9.17) is 0 Å². The van der Waals surface area contributed by atoms with E-state index in [1.807, 2.05) is 54.2 Å². The highest BCUT2D eigenvalue weighted by Crippen LogP contribution is 2.21. The van der Waals surface area contributed by atoms with Crippen LogP contribution in [0.2, 0.25) is 0 Å². The lowest BCUT2D eigenvalue weighted by atomic mass is 9.98. The first-order chi connectivity index (χ1) is 13.9. The zero-order valence-corrected chi connectivity index (χ0v) is 16.7. The Morgan fingerprint density at radius 1 is 1.31 bits per heavy atom. The largest absolute Gasteiger partial charge is 0.342 e. The Balaban J connectivity index is 1.80. The Kier molecular flexibility index (Phi) is 5.93. The maximum Gasteiger partial charge on any atom is 0.266 e. The summed E-state index contributed by atoms with van der Waals surface area (Å²) in [5.41, 5.74) is 2.78. The number of nitrogens with zero attached hydrogens (tertiary/aromatic N) is 3. The summed E-state index contributed by atoms with van der Waals surface area (Å²) < 4.78 is 1.88. The standard InChI is InChI=1S/C22H23N5O2/c1-14-17(15(2)25-22(29)18(14)13-23)9-10-19(28)26-20(16-7-5-4-6-8-16)21-24-11-12-27(21)3/h4-8,11-12,20H,9-10H2,1-3H3,(H,25,29)(H,26,28). The van der Waals surface area contributed by atoms with Crippen LogP contribution in [0.4, 0.5) is 0 Å². The fourth-order valence-corrected chi connectivity index (χ4v) is 3.49. The van der Waals surface area contributed by atoms with Gasteiger partial charge in [-0.2, -0.15) is 5.26 Å². The Morgan fingerprint density at radius 3 is 2.66 bits per heavy atom. The monoisotopic (exact) mass is 389 g/mol. The maximum absolute atomic E-state index is 12.8. The van der Waals surface area contributed by atoms with Crippen LogP contribution in [0.5, 0.6) is 0 Å². The van der Waals surface area contributed by atoms with E-state index in [2.05, 4.69) is 15.3 Å². The van der Waals surface area contributed by atoms with Gasteiger partial charge in [-0.05, 0) is 37.0 Å². The number of H-pyrrole nitrogens is 1. The molecule has 3 rings (SSSR count). The van der Waals surface area contributed by atoms with Gasteiger partial charge in [0.2, 0.25) is 5.91 Å². The summed E-state index contributed by atoms with van der Waals surface area (Å²) in [6, 6.07) is 11.3. The van der Waals surface area contributed by atoms with Crippen LogP contribution in [0.15, 0.2) is 47.5 Å². The van der Waals surface area contributed by atoms with Crippen LogP contribution in [0, 0.1) is 25.2 Å². The molecule has 0 radical (unpaired) electrons. The van der Waals surface area contributed by atoms with Crippen molar-refractivity contribution < 1.29 is 4.79 Å². The number of carbonyl (C=O) groups excluding carboxylic acids is 1. The number of benzene rings is 1. The lowest BCUT2D eigenvalue weighted by Crippen LogP contribution is -2.31. The van der Waals surface area contributed by atoms with Crippen LogP contribution >= 0.6 is 0 Å². The molecular weight excluding hydrogens is 366 g/mol. The van der Waals surface area contributed by atoms with E-state index >= 15 is 0 Å². The fourth-order valence-electron chi connectivity index (χ4n) is 3.49. The van der Waals surface area contributed by atoms with Crippen LogP contribution < -0.4 is 10.9 Å². The molecule has 0 spiro atoms. The van der Waals surface area contributed by atoms with Gasteiger partial charge in [0.1, 0.15) is 23.5 Å². The van der Waals surface area contributed by atoms with Crippen LogP contribution in [-0.4, -0.2) is 20.4 Å². The van der Waals surface area contributed by atoms with Gasteiger partial charge in [0.25, 0.3) is 5.56 Å². The third kappa shape index (κ3) is 4.27. The predicted molar refractivity (Wildman–Crippen MR) is 109 cm³/mol. The number of aryl methyl sites for hydroxylation is 2. The van der Waals surface area contributed by atoms with E-state index in [0.29, 0.717) is 17.7 Å². The molecule has 0 aliphatic rings. The van der Waals surface area contributed by atoms with Gasteiger partial charge in [0.05, 0.1) is 0 Å². The van der Waals surface area contributed by atoms with E-state index in [9.17, 15) is 14.9 Å². The van der Waals surface area contributed by atoms with Crippen molar-refractivity contribution in [3.63, 3.8) is 0 Å². The van der Waals surface area contributed by atoms with Gasteiger partial charge in [-0.25, -0.2) is 4.98 Å². The topological polar surface area (TPSA) is 104 Å². The molecular formula is C22H23N5O2. The second-order valence-electron chi connectivity index (χ2n) is 6.98. The highest BCUT2D eigenvalue weighted by Gasteiger charge is 2.21. The molecule has 2 heterocycles. The summed E-state index contributed by atoms with van der Waals surface area (Å²) in [5, 5.41) is 12.3. The quantitative estimate of drug-likeness (QED) is 0.676. The van der Waals surface area contributed by atoms with Gasteiger partial charge >= 0.3 is 0 Å². The van der Waals surface area contributed by atoms with E-state index in [-0.39, 0.29) is 23.9 Å². The second-order valence-corrected chi connectivity index (χ2v) is 6.98. The highest BCUT2D eigenvalue weighted by atomic mass is 16.1.